The molecule has 35 heavy (non-hydrogen) atoms. The van der Waals surface area contributed by atoms with Gasteiger partial charge in [-0.15, -0.1) is 5.10 Å². The van der Waals surface area contributed by atoms with E-state index >= 15 is 0 Å². The summed E-state index contributed by atoms with van der Waals surface area (Å²) in [5.74, 6) is 1.08. The molecular formula is C24H29N7O3S. The molecule has 0 atom stereocenters. The summed E-state index contributed by atoms with van der Waals surface area (Å²) < 4.78 is 34.9. The molecule has 0 saturated carbocycles. The fourth-order valence-corrected chi connectivity index (χ4v) is 5.82. The van der Waals surface area contributed by atoms with Gasteiger partial charge in [0.15, 0.2) is 5.65 Å². The zero-order valence-electron chi connectivity index (χ0n) is 20.3. The third kappa shape index (κ3) is 4.25. The summed E-state index contributed by atoms with van der Waals surface area (Å²) in [6.07, 6.45) is 6.42. The molecule has 2 N–H and O–H groups in total. The van der Waals surface area contributed by atoms with Crippen molar-refractivity contribution < 1.29 is 13.2 Å². The molecule has 1 fully saturated rings. The summed E-state index contributed by atoms with van der Waals surface area (Å²) in [6, 6.07) is 8.14. The maximum atomic E-state index is 11.9. The standard InChI is InChI=1S/C24H29N7O3S/c1-15-11-19(17-7-9-30(10-8-17)35(4,32)33)23-27-24(25)28-31(23)22(15)18-5-6-20(21(12-18)34-3)29-13-16(2)26-14-29/h5-6,11-14,17H,7-10H2,1-4H3,(H2,25,28). The molecule has 4 aromatic rings. The van der Waals surface area contributed by atoms with Gasteiger partial charge in [0.05, 0.1) is 36.8 Å². The van der Waals surface area contributed by atoms with Crippen LogP contribution in [0.15, 0.2) is 36.8 Å². The molecule has 1 saturated heterocycles. The molecule has 11 heteroatoms. The number of fused-ring (bicyclic) bond motifs is 1. The molecule has 0 amide bonds. The summed E-state index contributed by atoms with van der Waals surface area (Å²) >= 11 is 0. The number of aryl methyl sites for hydroxylation is 2. The van der Waals surface area contributed by atoms with Crippen LogP contribution in [0, 0.1) is 13.8 Å². The Morgan fingerprint density at radius 1 is 1.14 bits per heavy atom. The predicted octanol–water partition coefficient (Wildman–Crippen LogP) is 2.93. The summed E-state index contributed by atoms with van der Waals surface area (Å²) in [5, 5.41) is 4.52. The number of nitrogen functional groups attached to an aromatic ring is 1. The number of ether oxygens (including phenoxy) is 1. The number of sulfonamides is 1. The zero-order valence-corrected chi connectivity index (χ0v) is 21.1. The van der Waals surface area contributed by atoms with Gasteiger partial charge < -0.3 is 15.0 Å². The third-order valence-corrected chi connectivity index (χ3v) is 7.95. The summed E-state index contributed by atoms with van der Waals surface area (Å²) in [7, 11) is -1.54. The van der Waals surface area contributed by atoms with Crippen LogP contribution in [0.5, 0.6) is 5.75 Å². The zero-order chi connectivity index (χ0) is 24.9. The first-order valence-corrected chi connectivity index (χ1v) is 13.3. The van der Waals surface area contributed by atoms with Crippen LogP contribution in [-0.4, -0.2) is 63.3 Å². The number of piperidine rings is 1. The van der Waals surface area contributed by atoms with E-state index in [1.165, 1.54) is 10.6 Å². The Hall–Kier alpha value is -3.44. The Bertz CT molecular complexity index is 1520. The number of benzene rings is 1. The lowest BCUT2D eigenvalue weighted by molar-refractivity contribution is 0.322. The van der Waals surface area contributed by atoms with Gasteiger partial charge >= 0.3 is 0 Å². The number of hydrogen-bond donors (Lipinski definition) is 1. The molecule has 1 aliphatic rings. The van der Waals surface area contributed by atoms with Crippen molar-refractivity contribution in [2.75, 3.05) is 32.2 Å². The van der Waals surface area contributed by atoms with E-state index in [0.717, 1.165) is 46.6 Å². The fraction of sp³-hybridized carbons (Fsp3) is 0.375. The lowest BCUT2D eigenvalue weighted by Gasteiger charge is -2.30. The smallest absolute Gasteiger partial charge is 0.240 e. The average molecular weight is 496 g/mol. The van der Waals surface area contributed by atoms with Crippen molar-refractivity contribution in [2.24, 2.45) is 0 Å². The van der Waals surface area contributed by atoms with E-state index in [-0.39, 0.29) is 11.9 Å². The third-order valence-electron chi connectivity index (χ3n) is 6.64. The summed E-state index contributed by atoms with van der Waals surface area (Å²) in [5.41, 5.74) is 12.4. The first-order chi connectivity index (χ1) is 16.7. The highest BCUT2D eigenvalue weighted by Crippen LogP contribution is 2.37. The highest BCUT2D eigenvalue weighted by atomic mass is 32.2. The van der Waals surface area contributed by atoms with Crippen LogP contribution in [0.4, 0.5) is 5.95 Å². The van der Waals surface area contributed by atoms with Crippen LogP contribution < -0.4 is 10.5 Å². The number of nitrogens with zero attached hydrogens (tertiary/aromatic N) is 6. The summed E-state index contributed by atoms with van der Waals surface area (Å²) in [6.45, 7) is 4.97. The van der Waals surface area contributed by atoms with Crippen molar-refractivity contribution in [3.05, 3.63) is 53.6 Å². The number of hydrogen-bond acceptors (Lipinski definition) is 7. The van der Waals surface area contributed by atoms with Gasteiger partial charge in [-0.3, -0.25) is 0 Å². The molecule has 5 rings (SSSR count). The topological polar surface area (TPSA) is 121 Å². The SMILES string of the molecule is COc1cc(-c2c(C)cc(C3CCN(S(C)(=O)=O)CC3)c3nc(N)nn23)ccc1-n1cnc(C)c1. The second-order valence-electron chi connectivity index (χ2n) is 9.08. The molecular weight excluding hydrogens is 466 g/mol. The lowest BCUT2D eigenvalue weighted by Crippen LogP contribution is -2.37. The van der Waals surface area contributed by atoms with Gasteiger partial charge in [-0.1, -0.05) is 6.07 Å². The van der Waals surface area contributed by atoms with Crippen molar-refractivity contribution in [3.8, 4) is 22.7 Å². The molecule has 0 radical (unpaired) electrons. The minimum atomic E-state index is -3.19. The van der Waals surface area contributed by atoms with Crippen molar-refractivity contribution in [1.29, 1.82) is 0 Å². The predicted molar refractivity (Wildman–Crippen MR) is 134 cm³/mol. The molecule has 0 aliphatic carbocycles. The Morgan fingerprint density at radius 3 is 2.51 bits per heavy atom. The van der Waals surface area contributed by atoms with Crippen LogP contribution in [0.25, 0.3) is 22.6 Å². The van der Waals surface area contributed by atoms with Crippen LogP contribution in [0.1, 0.15) is 35.6 Å². The van der Waals surface area contributed by atoms with E-state index in [1.807, 2.05) is 42.8 Å². The van der Waals surface area contributed by atoms with Crippen molar-refractivity contribution in [2.45, 2.75) is 32.6 Å². The maximum Gasteiger partial charge on any atom is 0.240 e. The van der Waals surface area contributed by atoms with Crippen LogP contribution >= 0.6 is 0 Å². The molecule has 3 aromatic heterocycles. The van der Waals surface area contributed by atoms with Gasteiger partial charge in [-0.2, -0.15) is 4.98 Å². The fourth-order valence-electron chi connectivity index (χ4n) is 4.94. The molecule has 0 unspecified atom stereocenters. The molecule has 1 aliphatic heterocycles. The summed E-state index contributed by atoms with van der Waals surface area (Å²) in [4.78, 5) is 8.86. The number of nitrogens with two attached hydrogens (primary N) is 1. The molecule has 4 heterocycles. The Balaban J connectivity index is 1.57. The van der Waals surface area contributed by atoms with E-state index in [2.05, 4.69) is 21.1 Å². The quantitative estimate of drug-likeness (QED) is 0.452. The number of imidazole rings is 1. The number of pyridine rings is 1. The average Bonchev–Trinajstić information content (AvgIpc) is 3.42. The van der Waals surface area contributed by atoms with Crippen LogP contribution in [-0.2, 0) is 10.0 Å². The van der Waals surface area contributed by atoms with Gasteiger partial charge in [0, 0.05) is 30.4 Å². The maximum absolute atomic E-state index is 11.9. The van der Waals surface area contributed by atoms with Gasteiger partial charge in [0.1, 0.15) is 5.75 Å². The van der Waals surface area contributed by atoms with Crippen molar-refractivity contribution in [1.82, 2.24) is 28.5 Å². The largest absolute Gasteiger partial charge is 0.495 e. The molecule has 0 bridgehead atoms. The van der Waals surface area contributed by atoms with Gasteiger partial charge in [0.25, 0.3) is 0 Å². The molecule has 1 aromatic carbocycles. The van der Waals surface area contributed by atoms with E-state index in [4.69, 9.17) is 10.5 Å². The second kappa shape index (κ2) is 8.65. The first-order valence-electron chi connectivity index (χ1n) is 11.5. The number of anilines is 1. The van der Waals surface area contributed by atoms with E-state index in [9.17, 15) is 8.42 Å². The minimum Gasteiger partial charge on any atom is -0.495 e. The number of rotatable bonds is 5. The normalized spacial score (nSPS) is 15.7. The molecule has 10 nitrogen and oxygen atoms in total. The van der Waals surface area contributed by atoms with Crippen molar-refractivity contribution in [3.63, 3.8) is 0 Å². The highest BCUT2D eigenvalue weighted by molar-refractivity contribution is 7.88. The highest BCUT2D eigenvalue weighted by Gasteiger charge is 2.29. The monoisotopic (exact) mass is 495 g/mol. The minimum absolute atomic E-state index is 0.174. The van der Waals surface area contributed by atoms with Crippen molar-refractivity contribution >= 4 is 21.6 Å². The van der Waals surface area contributed by atoms with E-state index in [0.29, 0.717) is 24.5 Å². The van der Waals surface area contributed by atoms with Crippen LogP contribution in [0.3, 0.4) is 0 Å². The Morgan fingerprint density at radius 2 is 1.89 bits per heavy atom. The van der Waals surface area contributed by atoms with E-state index in [1.54, 1.807) is 18.0 Å². The molecule has 184 valence electrons. The number of aromatic nitrogens is 5. The second-order valence-corrected chi connectivity index (χ2v) is 11.1. The Kier molecular flexibility index (Phi) is 5.76. The van der Waals surface area contributed by atoms with E-state index < -0.39 is 10.0 Å². The van der Waals surface area contributed by atoms with Crippen LogP contribution in [0.2, 0.25) is 0 Å². The van der Waals surface area contributed by atoms with Gasteiger partial charge in [-0.25, -0.2) is 22.2 Å². The Labute approximate surface area is 204 Å². The van der Waals surface area contributed by atoms with Gasteiger partial charge in [-0.05, 0) is 56.4 Å². The number of methoxy groups -OCH3 is 1. The van der Waals surface area contributed by atoms with Gasteiger partial charge in [0.2, 0.25) is 16.0 Å². The first kappa shape index (κ1) is 23.3. The lowest BCUT2D eigenvalue weighted by atomic mass is 9.89. The molecule has 0 spiro atoms.